The molecule has 3 rings (SSSR count). The Labute approximate surface area is 120 Å². The zero-order valence-corrected chi connectivity index (χ0v) is 11.2. The topological polar surface area (TPSA) is 37.8 Å². The summed E-state index contributed by atoms with van der Waals surface area (Å²) in [5.74, 6) is -0.154. The number of anilines is 1. The molecule has 1 unspecified atom stereocenters. The van der Waals surface area contributed by atoms with Crippen LogP contribution in [0.4, 0.5) is 19.0 Å². The summed E-state index contributed by atoms with van der Waals surface area (Å²) in [6.45, 7) is 0. The van der Waals surface area contributed by atoms with Gasteiger partial charge in [-0.15, -0.1) is 0 Å². The zero-order chi connectivity index (χ0) is 14.9. The van der Waals surface area contributed by atoms with Crippen LogP contribution in [0.3, 0.4) is 0 Å². The van der Waals surface area contributed by atoms with Gasteiger partial charge in [-0.3, -0.25) is 0 Å². The average Bonchev–Trinajstić information content (AvgIpc) is 2.47. The van der Waals surface area contributed by atoms with E-state index in [9.17, 15) is 13.2 Å². The van der Waals surface area contributed by atoms with E-state index in [0.717, 1.165) is 37.4 Å². The third kappa shape index (κ3) is 2.84. The van der Waals surface area contributed by atoms with Gasteiger partial charge in [0.25, 0.3) is 0 Å². The van der Waals surface area contributed by atoms with Gasteiger partial charge in [0, 0.05) is 6.20 Å². The molecule has 3 nitrogen and oxygen atoms in total. The molecule has 0 saturated heterocycles. The third-order valence-electron chi connectivity index (χ3n) is 3.70. The van der Waals surface area contributed by atoms with Gasteiger partial charge in [-0.05, 0) is 30.4 Å². The molecule has 2 aromatic rings. The molecule has 1 N–H and O–H groups in total. The first kappa shape index (κ1) is 13.9. The van der Waals surface area contributed by atoms with Crippen molar-refractivity contribution < 1.29 is 13.2 Å². The molecule has 0 spiro atoms. The van der Waals surface area contributed by atoms with Crippen molar-refractivity contribution in [1.29, 1.82) is 0 Å². The molecule has 110 valence electrons. The number of nitrogens with one attached hydrogen (secondary N) is 1. The summed E-state index contributed by atoms with van der Waals surface area (Å²) in [6.07, 6.45) is 0.178. The molecule has 1 aliphatic rings. The number of aromatic nitrogens is 2. The lowest BCUT2D eigenvalue weighted by atomic mass is 9.87. The molecular formula is C15H14F3N3. The van der Waals surface area contributed by atoms with Crippen molar-refractivity contribution in [1.82, 2.24) is 9.97 Å². The molecule has 0 radical (unpaired) electrons. The lowest BCUT2D eigenvalue weighted by molar-refractivity contribution is -0.137. The van der Waals surface area contributed by atoms with Crippen molar-refractivity contribution in [2.75, 3.05) is 5.32 Å². The number of halogens is 3. The maximum Gasteiger partial charge on any atom is 0.421 e. The molecule has 1 aromatic heterocycles. The summed E-state index contributed by atoms with van der Waals surface area (Å²) < 4.78 is 38.9. The van der Waals surface area contributed by atoms with Gasteiger partial charge in [-0.2, -0.15) is 13.2 Å². The van der Waals surface area contributed by atoms with Crippen molar-refractivity contribution in [3.05, 3.63) is 53.5 Å². The van der Waals surface area contributed by atoms with Crippen molar-refractivity contribution in [3.8, 4) is 0 Å². The van der Waals surface area contributed by atoms with Crippen LogP contribution in [0.2, 0.25) is 0 Å². The Morgan fingerprint density at radius 1 is 1.19 bits per heavy atom. The number of rotatable bonds is 2. The fourth-order valence-electron chi connectivity index (χ4n) is 2.72. The maximum absolute atomic E-state index is 13.0. The predicted octanol–water partition coefficient (Wildman–Crippen LogP) is 3.98. The quantitative estimate of drug-likeness (QED) is 0.910. The summed E-state index contributed by atoms with van der Waals surface area (Å²) in [7, 11) is 0. The van der Waals surface area contributed by atoms with E-state index in [0.29, 0.717) is 0 Å². The van der Waals surface area contributed by atoms with Crippen LogP contribution >= 0.6 is 0 Å². The van der Waals surface area contributed by atoms with Crippen LogP contribution in [0.5, 0.6) is 0 Å². The van der Waals surface area contributed by atoms with Gasteiger partial charge < -0.3 is 5.32 Å². The van der Waals surface area contributed by atoms with E-state index in [4.69, 9.17) is 0 Å². The highest BCUT2D eigenvalue weighted by Gasteiger charge is 2.35. The minimum atomic E-state index is -4.46. The molecule has 0 saturated carbocycles. The van der Waals surface area contributed by atoms with Gasteiger partial charge in [0.15, 0.2) is 0 Å². The van der Waals surface area contributed by atoms with Crippen molar-refractivity contribution in [2.24, 2.45) is 0 Å². The molecule has 0 amide bonds. The number of aryl methyl sites for hydroxylation is 1. The van der Waals surface area contributed by atoms with E-state index < -0.39 is 11.7 Å². The Kier molecular flexibility index (Phi) is 3.53. The van der Waals surface area contributed by atoms with Crippen LogP contribution in [0.15, 0.2) is 36.8 Å². The van der Waals surface area contributed by atoms with Crippen molar-refractivity contribution in [2.45, 2.75) is 31.5 Å². The Bertz CT molecular complexity index is 640. The van der Waals surface area contributed by atoms with Crippen LogP contribution < -0.4 is 5.32 Å². The van der Waals surface area contributed by atoms with Gasteiger partial charge in [0.05, 0.1) is 6.04 Å². The Balaban J connectivity index is 1.92. The number of alkyl halides is 3. The van der Waals surface area contributed by atoms with Gasteiger partial charge in [0.1, 0.15) is 17.7 Å². The molecule has 21 heavy (non-hydrogen) atoms. The molecular weight excluding hydrogens is 279 g/mol. The number of hydrogen-bond donors (Lipinski definition) is 1. The maximum atomic E-state index is 13.0. The van der Waals surface area contributed by atoms with Crippen LogP contribution in [0.25, 0.3) is 0 Å². The summed E-state index contributed by atoms with van der Waals surface area (Å²) in [6, 6.07) is 7.69. The van der Waals surface area contributed by atoms with Crippen molar-refractivity contribution >= 4 is 5.82 Å². The van der Waals surface area contributed by atoms with Crippen LogP contribution in [-0.2, 0) is 12.6 Å². The molecule has 0 bridgehead atoms. The zero-order valence-electron chi connectivity index (χ0n) is 11.2. The SMILES string of the molecule is FC(F)(F)c1cncnc1NC1CCCc2ccccc21. The van der Waals surface area contributed by atoms with Crippen LogP contribution in [-0.4, -0.2) is 9.97 Å². The van der Waals surface area contributed by atoms with Gasteiger partial charge in [-0.1, -0.05) is 24.3 Å². The standard InChI is InChI=1S/C15H14F3N3/c16-15(17,18)12-8-19-9-20-14(12)21-13-7-3-5-10-4-1-2-6-11(10)13/h1-2,4,6,8-9,13H,3,5,7H2,(H,19,20,21). The Morgan fingerprint density at radius 2 is 2.00 bits per heavy atom. The van der Waals surface area contributed by atoms with Gasteiger partial charge in [-0.25, -0.2) is 9.97 Å². The predicted molar refractivity (Wildman–Crippen MR) is 72.8 cm³/mol. The van der Waals surface area contributed by atoms with E-state index >= 15 is 0 Å². The number of hydrogen-bond acceptors (Lipinski definition) is 3. The van der Waals surface area contributed by atoms with Crippen molar-refractivity contribution in [3.63, 3.8) is 0 Å². The van der Waals surface area contributed by atoms with E-state index in [-0.39, 0.29) is 11.9 Å². The monoisotopic (exact) mass is 293 g/mol. The Hall–Kier alpha value is -2.11. The second-order valence-corrected chi connectivity index (χ2v) is 5.07. The lowest BCUT2D eigenvalue weighted by Crippen LogP contribution is -2.20. The summed E-state index contributed by atoms with van der Waals surface area (Å²) in [4.78, 5) is 7.25. The van der Waals surface area contributed by atoms with E-state index in [1.807, 2.05) is 24.3 Å². The minimum Gasteiger partial charge on any atom is -0.363 e. The smallest absolute Gasteiger partial charge is 0.363 e. The van der Waals surface area contributed by atoms with Gasteiger partial charge >= 0.3 is 6.18 Å². The molecule has 1 heterocycles. The molecule has 1 aliphatic carbocycles. The van der Waals surface area contributed by atoms with Crippen LogP contribution in [0.1, 0.15) is 35.6 Å². The normalized spacial score (nSPS) is 18.1. The fourth-order valence-corrected chi connectivity index (χ4v) is 2.72. The number of fused-ring (bicyclic) bond motifs is 1. The largest absolute Gasteiger partial charge is 0.421 e. The summed E-state index contributed by atoms with van der Waals surface area (Å²) in [5.41, 5.74) is 1.41. The molecule has 0 aliphatic heterocycles. The molecule has 6 heteroatoms. The minimum absolute atomic E-state index is 0.147. The van der Waals surface area contributed by atoms with Crippen LogP contribution in [0, 0.1) is 0 Å². The third-order valence-corrected chi connectivity index (χ3v) is 3.70. The highest BCUT2D eigenvalue weighted by Crippen LogP contribution is 2.37. The highest BCUT2D eigenvalue weighted by atomic mass is 19.4. The molecule has 1 atom stereocenters. The second kappa shape index (κ2) is 5.35. The van der Waals surface area contributed by atoms with E-state index in [1.54, 1.807) is 0 Å². The lowest BCUT2D eigenvalue weighted by Gasteiger charge is -2.27. The Morgan fingerprint density at radius 3 is 2.81 bits per heavy atom. The number of benzene rings is 1. The average molecular weight is 293 g/mol. The van der Waals surface area contributed by atoms with E-state index in [1.165, 1.54) is 5.56 Å². The summed E-state index contributed by atoms with van der Waals surface area (Å²) >= 11 is 0. The molecule has 0 fully saturated rings. The summed E-state index contributed by atoms with van der Waals surface area (Å²) in [5, 5.41) is 2.94. The first-order chi connectivity index (χ1) is 10.1. The fraction of sp³-hybridized carbons (Fsp3) is 0.333. The highest BCUT2D eigenvalue weighted by molar-refractivity contribution is 5.47. The first-order valence-electron chi connectivity index (χ1n) is 6.77. The van der Waals surface area contributed by atoms with E-state index in [2.05, 4.69) is 15.3 Å². The molecule has 1 aromatic carbocycles. The number of nitrogens with zero attached hydrogens (tertiary/aromatic N) is 2. The second-order valence-electron chi connectivity index (χ2n) is 5.07. The van der Waals surface area contributed by atoms with Gasteiger partial charge in [0.2, 0.25) is 0 Å². The first-order valence-corrected chi connectivity index (χ1v) is 6.77.